The van der Waals surface area contributed by atoms with Gasteiger partial charge in [-0.15, -0.1) is 0 Å². The standard InChI is InChI=1S/2C19H23N3O2.2C18H22N4O2.4C2H6.4H2S/c1-14-10-16(6-8-20-14)19(24)21-11-18(23)13-22-9-7-15-4-2-3-5-17(15)12-22;1-14-8-17(10-20-9-14)19(24)21-11-18(23)13-22-7-6-15-4-2-3-5-16(15)12-22;1-13-8-16(9-20-21-13)18(24)19-10-17(23)12-22-7-6-14-4-2-3-5-15(14)11-22;1-13-8-17(21-12-20-13)18(24)19-9-16(23)11-22-7-6-14-4-2-3-5-15(14)10-22;4*1-2;;;;/h2-6,8,10,18,23H,7,9,11-13H2,1H3,(H,21,24);2-5,8-10,18,23H,6-7,11-13H2,1H3,(H,21,24);2-5,8-9,17,23H,6-7,10-12H2,1H3,(H,19,24);2-5,8,12,16,23H,6-7,9-11H2,1H3,(H,19,24);4*1-2H3;4*1H2/t2*18-;17-;16-;;;;;;;;/m0000......../s1. The van der Waals surface area contributed by atoms with Crippen molar-refractivity contribution in [2.75, 3.05) is 78.5 Å². The van der Waals surface area contributed by atoms with E-state index in [2.05, 4.69) is 156 Å². The molecule has 0 radical (unpaired) electrons. The van der Waals surface area contributed by atoms with E-state index >= 15 is 0 Å². The second kappa shape index (κ2) is 54.8. The number of carbonyl (C=O) groups excluding carboxylic acids is 4. The van der Waals surface area contributed by atoms with E-state index in [1.54, 1.807) is 49.6 Å². The van der Waals surface area contributed by atoms with Crippen LogP contribution in [0, 0.1) is 27.7 Å². The summed E-state index contributed by atoms with van der Waals surface area (Å²) < 4.78 is 0. The summed E-state index contributed by atoms with van der Waals surface area (Å²) in [5, 5.41) is 59.5. The number of aliphatic hydroxyl groups is 4. The summed E-state index contributed by atoms with van der Waals surface area (Å²) in [4.78, 5) is 73.2. The van der Waals surface area contributed by atoms with E-state index in [9.17, 15) is 39.6 Å². The highest BCUT2D eigenvalue weighted by molar-refractivity contribution is 7.59. The van der Waals surface area contributed by atoms with Gasteiger partial charge in [0.15, 0.2) is 0 Å². The van der Waals surface area contributed by atoms with Crippen LogP contribution in [0.4, 0.5) is 0 Å². The quantitative estimate of drug-likeness (QED) is 0.0352. The Labute approximate surface area is 670 Å². The monoisotopic (exact) mass is 1560 g/mol. The number of aliphatic hydroxyl groups excluding tert-OH is 4. The molecule has 8 heterocycles. The first-order valence-electron chi connectivity index (χ1n) is 36.9. The topological polar surface area (TPSA) is 288 Å². The lowest BCUT2D eigenvalue weighted by molar-refractivity contribution is 0.0836. The Morgan fingerprint density at radius 1 is 0.380 bits per heavy atom. The predicted octanol–water partition coefficient (Wildman–Crippen LogP) is 9.50. The number of benzene rings is 4. The van der Waals surface area contributed by atoms with Crippen molar-refractivity contribution in [1.29, 1.82) is 0 Å². The number of carbonyl (C=O) groups is 4. The summed E-state index contributed by atoms with van der Waals surface area (Å²) in [5.74, 6) is -0.905. The second-order valence-electron chi connectivity index (χ2n) is 25.0. The summed E-state index contributed by atoms with van der Waals surface area (Å²) in [6.45, 7) is 33.6. The molecule has 8 aromatic rings. The van der Waals surface area contributed by atoms with Crippen LogP contribution in [0.1, 0.15) is 164 Å². The summed E-state index contributed by atoms with van der Waals surface area (Å²) in [5.41, 5.74) is 15.9. The SMILES string of the molecule is CC.CC.CC.CC.Cc1cc(C(=O)NC[C@H](O)CN2CCc3ccccc3C2)ccn1.Cc1cc(C(=O)NC[C@H](O)CN2CCc3ccccc3C2)cnn1.Cc1cc(C(=O)NC[C@H](O)CN2CCc3ccccc3C2)ncn1.Cc1cncc(C(=O)NC[C@H](O)CN2CCc3ccccc3C2)c1.S.S.S.S. The molecule has 22 nitrogen and oxygen atoms in total. The predicted molar refractivity (Wildman–Crippen MR) is 453 cm³/mol. The highest BCUT2D eigenvalue weighted by Crippen LogP contribution is 2.22. The minimum atomic E-state index is -0.609. The van der Waals surface area contributed by atoms with E-state index < -0.39 is 24.4 Å². The average Bonchev–Trinajstić information content (AvgIpc) is 0.838. The molecule has 0 aliphatic carbocycles. The lowest BCUT2D eigenvalue weighted by Gasteiger charge is -2.30. The van der Waals surface area contributed by atoms with Gasteiger partial charge in [-0.25, -0.2) is 9.97 Å². The third-order valence-electron chi connectivity index (χ3n) is 17.1. The molecule has 4 aromatic carbocycles. The van der Waals surface area contributed by atoms with Crippen LogP contribution in [-0.4, -0.2) is 197 Å². The van der Waals surface area contributed by atoms with Gasteiger partial charge in [0, 0.05) is 140 Å². The zero-order chi connectivity index (χ0) is 75.8. The molecule has 0 bridgehead atoms. The number of pyridine rings is 2. The van der Waals surface area contributed by atoms with Gasteiger partial charge in [-0.2, -0.15) is 64.2 Å². The number of fused-ring (bicyclic) bond motifs is 4. The largest absolute Gasteiger partial charge is 0.390 e. The number of rotatable bonds is 20. The molecule has 0 spiro atoms. The summed E-state index contributed by atoms with van der Waals surface area (Å²) >= 11 is 0. The number of hydrogen-bond acceptors (Lipinski definition) is 18. The maximum absolute atomic E-state index is 12.1. The van der Waals surface area contributed by atoms with Crippen molar-refractivity contribution in [1.82, 2.24) is 71.0 Å². The van der Waals surface area contributed by atoms with Crippen LogP contribution in [0.2, 0.25) is 0 Å². The Kier molecular flexibility index (Phi) is 49.9. The Hall–Kier alpha value is -7.70. The van der Waals surface area contributed by atoms with Crippen molar-refractivity contribution in [2.45, 2.75) is 159 Å². The van der Waals surface area contributed by atoms with Crippen molar-refractivity contribution in [3.63, 3.8) is 0 Å². The van der Waals surface area contributed by atoms with Gasteiger partial charge in [0.05, 0.1) is 47.4 Å². The highest BCUT2D eigenvalue weighted by Gasteiger charge is 2.24. The number of nitrogens with one attached hydrogen (secondary N) is 4. The lowest BCUT2D eigenvalue weighted by Crippen LogP contribution is -2.42. The summed E-state index contributed by atoms with van der Waals surface area (Å²) in [7, 11) is 0. The number of aromatic nitrogens is 6. The van der Waals surface area contributed by atoms with Crippen LogP contribution in [-0.2, 0) is 51.9 Å². The minimum absolute atomic E-state index is 0. The molecule has 592 valence electrons. The fourth-order valence-corrected chi connectivity index (χ4v) is 12.1. The van der Waals surface area contributed by atoms with Crippen LogP contribution in [0.25, 0.3) is 0 Å². The number of amides is 4. The molecule has 0 fully saturated rings. The molecule has 26 heteroatoms. The van der Waals surface area contributed by atoms with Gasteiger partial charge < -0.3 is 41.7 Å². The van der Waals surface area contributed by atoms with Gasteiger partial charge in [-0.3, -0.25) is 48.7 Å². The normalized spacial score (nSPS) is 14.1. The van der Waals surface area contributed by atoms with Gasteiger partial charge >= 0.3 is 0 Å². The van der Waals surface area contributed by atoms with Crippen LogP contribution >= 0.6 is 54.0 Å². The fourth-order valence-electron chi connectivity index (χ4n) is 12.1. The molecule has 4 aromatic heterocycles. The number of hydrogen-bond donors (Lipinski definition) is 8. The number of nitrogens with zero attached hydrogens (tertiary/aromatic N) is 10. The van der Waals surface area contributed by atoms with E-state index in [-0.39, 0.29) is 104 Å². The molecule has 4 aliphatic rings. The van der Waals surface area contributed by atoms with Crippen LogP contribution in [0.5, 0.6) is 0 Å². The molecular weight excluding hydrogens is 1440 g/mol. The zero-order valence-electron chi connectivity index (χ0n) is 65.4. The number of β-amino-alcohol motifs (C(OH)–C–C–N with tert-alkyl or cyclic N) is 4. The third-order valence-corrected chi connectivity index (χ3v) is 17.1. The summed E-state index contributed by atoms with van der Waals surface area (Å²) in [6, 6.07) is 42.2. The summed E-state index contributed by atoms with van der Waals surface area (Å²) in [6.07, 6.45) is 9.28. The zero-order valence-corrected chi connectivity index (χ0v) is 69.4. The van der Waals surface area contributed by atoms with Gasteiger partial charge in [0.25, 0.3) is 23.6 Å². The van der Waals surface area contributed by atoms with Crippen LogP contribution in [0.15, 0.2) is 159 Å². The van der Waals surface area contributed by atoms with Crippen molar-refractivity contribution in [3.05, 3.63) is 248 Å². The smallest absolute Gasteiger partial charge is 0.270 e. The van der Waals surface area contributed by atoms with Gasteiger partial charge in [0.2, 0.25) is 0 Å². The first-order chi connectivity index (χ1) is 50.5. The van der Waals surface area contributed by atoms with Crippen molar-refractivity contribution < 1.29 is 39.6 Å². The first-order valence-corrected chi connectivity index (χ1v) is 36.9. The van der Waals surface area contributed by atoms with Crippen LogP contribution in [0.3, 0.4) is 0 Å². The van der Waals surface area contributed by atoms with Crippen LogP contribution < -0.4 is 21.3 Å². The molecule has 12 rings (SSSR count). The maximum atomic E-state index is 12.1. The Morgan fingerprint density at radius 3 is 1.05 bits per heavy atom. The Bertz CT molecular complexity index is 3390. The molecule has 4 aliphatic heterocycles. The van der Waals surface area contributed by atoms with E-state index in [0.717, 1.165) is 95.0 Å². The highest BCUT2D eigenvalue weighted by atomic mass is 32.1. The van der Waals surface area contributed by atoms with Crippen molar-refractivity contribution in [3.8, 4) is 0 Å². The third kappa shape index (κ3) is 34.5. The van der Waals surface area contributed by atoms with Gasteiger partial charge in [-0.1, -0.05) is 152 Å². The Balaban J connectivity index is 0.000000689. The van der Waals surface area contributed by atoms with E-state index in [4.69, 9.17) is 0 Å². The molecule has 4 amide bonds. The molecule has 108 heavy (non-hydrogen) atoms. The molecule has 4 atom stereocenters. The Morgan fingerprint density at radius 2 is 0.704 bits per heavy atom. The number of aryl methyl sites for hydroxylation is 4. The first kappa shape index (κ1) is 98.3. The molecule has 8 N–H and O–H groups in total. The lowest BCUT2D eigenvalue weighted by atomic mass is 10.00. The van der Waals surface area contributed by atoms with E-state index in [0.29, 0.717) is 54.3 Å². The van der Waals surface area contributed by atoms with E-state index in [1.807, 2.05) is 88.3 Å². The van der Waals surface area contributed by atoms with Crippen molar-refractivity contribution >= 4 is 77.6 Å². The molecule has 0 unspecified atom stereocenters. The van der Waals surface area contributed by atoms with Gasteiger partial charge in [0.1, 0.15) is 12.0 Å². The van der Waals surface area contributed by atoms with Crippen molar-refractivity contribution in [2.24, 2.45) is 0 Å². The maximum Gasteiger partial charge on any atom is 0.270 e. The molecular formula is C82H122N14O8S4. The fraction of sp³-hybridized carbons (Fsp3) is 0.439. The average molecular weight is 1560 g/mol. The van der Waals surface area contributed by atoms with Gasteiger partial charge in [-0.05, 0) is 134 Å². The minimum Gasteiger partial charge on any atom is -0.390 e. The molecule has 0 saturated heterocycles. The van der Waals surface area contributed by atoms with E-state index in [1.165, 1.54) is 63.2 Å². The second-order valence-corrected chi connectivity index (χ2v) is 25.0. The molecule has 0 saturated carbocycles.